The van der Waals surface area contributed by atoms with Crippen LogP contribution in [0.3, 0.4) is 0 Å². The SMILES string of the molecule is CN(C(=O)O)c1ccc(C2=C[C@@]3(C)[C@@H](CCC34OCCO4)[C@@H]3C[C@@H]4O[C@@]45CC4(CC[C@]5(C)[C@@H]23)OCCO4)cc1. The molecule has 39 heavy (non-hydrogen) atoms. The van der Waals surface area contributed by atoms with E-state index in [-0.39, 0.29) is 22.5 Å². The molecule has 8 heteroatoms. The minimum atomic E-state index is -0.968. The fourth-order valence-corrected chi connectivity index (χ4v) is 10.1. The topological polar surface area (TPSA) is 90.0 Å². The van der Waals surface area contributed by atoms with Crippen LogP contribution in [0, 0.1) is 28.6 Å². The van der Waals surface area contributed by atoms with E-state index in [4.69, 9.17) is 23.7 Å². The monoisotopic (exact) mass is 537 g/mol. The Labute approximate surface area is 229 Å². The zero-order valence-electron chi connectivity index (χ0n) is 23.1. The quantitative estimate of drug-likeness (QED) is 0.527. The van der Waals surface area contributed by atoms with E-state index in [1.165, 1.54) is 10.5 Å². The minimum Gasteiger partial charge on any atom is -0.465 e. The number of amides is 1. The molecule has 3 saturated carbocycles. The Morgan fingerprint density at radius 3 is 2.36 bits per heavy atom. The molecule has 4 aliphatic carbocycles. The average molecular weight is 538 g/mol. The maximum atomic E-state index is 11.6. The van der Waals surface area contributed by atoms with Gasteiger partial charge in [0.25, 0.3) is 0 Å². The van der Waals surface area contributed by atoms with Crippen LogP contribution in [0.5, 0.6) is 0 Å². The summed E-state index contributed by atoms with van der Waals surface area (Å²) in [6.07, 6.45) is 7.48. The van der Waals surface area contributed by atoms with Gasteiger partial charge < -0.3 is 28.8 Å². The summed E-state index contributed by atoms with van der Waals surface area (Å²) in [5.74, 6) is 0.150. The molecular formula is C31H39NO7. The summed E-state index contributed by atoms with van der Waals surface area (Å²) in [6.45, 7) is 7.42. The van der Waals surface area contributed by atoms with Crippen LogP contribution >= 0.6 is 0 Å². The van der Waals surface area contributed by atoms with Crippen LogP contribution in [0.25, 0.3) is 5.57 Å². The number of rotatable bonds is 2. The molecule has 0 aromatic heterocycles. The average Bonchev–Trinajstić information content (AvgIpc) is 3.27. The Balaban J connectivity index is 1.26. The molecule has 0 unspecified atom stereocenters. The lowest BCUT2D eigenvalue weighted by molar-refractivity contribution is -0.227. The van der Waals surface area contributed by atoms with Crippen LogP contribution < -0.4 is 4.90 Å². The highest BCUT2D eigenvalue weighted by Crippen LogP contribution is 2.76. The van der Waals surface area contributed by atoms with Crippen molar-refractivity contribution >= 4 is 17.4 Å². The van der Waals surface area contributed by atoms with Gasteiger partial charge in [0.05, 0.1) is 32.5 Å². The molecule has 1 amide bonds. The fourth-order valence-electron chi connectivity index (χ4n) is 10.1. The largest absolute Gasteiger partial charge is 0.465 e. The first kappa shape index (κ1) is 24.8. The lowest BCUT2D eigenvalue weighted by Gasteiger charge is -2.60. The van der Waals surface area contributed by atoms with Crippen molar-refractivity contribution in [3.05, 3.63) is 35.9 Å². The molecule has 3 saturated heterocycles. The van der Waals surface area contributed by atoms with E-state index in [1.807, 2.05) is 12.1 Å². The molecule has 8 rings (SSSR count). The Bertz CT molecular complexity index is 1230. The molecule has 7 aliphatic rings. The third-order valence-electron chi connectivity index (χ3n) is 12.1. The number of ether oxygens (including phenoxy) is 5. The standard InChI is InChI=1S/C31H39NO7/c1-27-10-11-29(35-12-13-36-29)18-30(27)24(39-30)16-21-23-8-9-31(37-14-15-38-31)28(23,2)17-22(25(21)27)19-4-6-20(7-5-19)32(3)26(33)34/h4-7,17,21,23-25H,8-16,18H2,1-3H3,(H,33,34)/t21-,23-,24-,25+,27+,28-,30-/m0/s1. The van der Waals surface area contributed by atoms with Crippen LogP contribution in [0.1, 0.15) is 57.9 Å². The predicted molar refractivity (Wildman–Crippen MR) is 142 cm³/mol. The molecule has 7 atom stereocenters. The number of benzene rings is 1. The molecule has 3 aliphatic heterocycles. The van der Waals surface area contributed by atoms with Gasteiger partial charge >= 0.3 is 6.09 Å². The number of carbonyl (C=O) groups is 1. The fraction of sp³-hybridized carbons (Fsp3) is 0.710. The summed E-state index contributed by atoms with van der Waals surface area (Å²) in [6, 6.07) is 8.05. The summed E-state index contributed by atoms with van der Waals surface area (Å²) in [4.78, 5) is 12.8. The van der Waals surface area contributed by atoms with Gasteiger partial charge in [0.2, 0.25) is 0 Å². The first-order chi connectivity index (χ1) is 18.7. The van der Waals surface area contributed by atoms with Crippen molar-refractivity contribution in [3.63, 3.8) is 0 Å². The Morgan fingerprint density at radius 1 is 0.974 bits per heavy atom. The number of epoxide rings is 1. The van der Waals surface area contributed by atoms with E-state index in [0.29, 0.717) is 49.9 Å². The van der Waals surface area contributed by atoms with Crippen LogP contribution in [-0.2, 0) is 23.7 Å². The molecule has 3 spiro atoms. The normalized spacial score (nSPS) is 44.3. The number of hydrogen-bond donors (Lipinski definition) is 1. The van der Waals surface area contributed by atoms with E-state index in [9.17, 15) is 9.90 Å². The maximum Gasteiger partial charge on any atom is 0.411 e. The van der Waals surface area contributed by atoms with Gasteiger partial charge in [-0.3, -0.25) is 4.90 Å². The Kier molecular flexibility index (Phi) is 4.99. The highest BCUT2D eigenvalue weighted by molar-refractivity contribution is 5.86. The van der Waals surface area contributed by atoms with Gasteiger partial charge in [0.15, 0.2) is 11.6 Å². The highest BCUT2D eigenvalue weighted by Gasteiger charge is 2.79. The second-order valence-corrected chi connectivity index (χ2v) is 13.4. The third-order valence-corrected chi connectivity index (χ3v) is 12.1. The molecular weight excluding hydrogens is 498 g/mol. The number of carboxylic acid groups (broad SMARTS) is 1. The zero-order valence-corrected chi connectivity index (χ0v) is 23.1. The van der Waals surface area contributed by atoms with Crippen molar-refractivity contribution in [1.29, 1.82) is 0 Å². The van der Waals surface area contributed by atoms with Gasteiger partial charge in [-0.25, -0.2) is 4.79 Å². The van der Waals surface area contributed by atoms with Gasteiger partial charge in [-0.1, -0.05) is 32.1 Å². The van der Waals surface area contributed by atoms with Gasteiger partial charge in [-0.05, 0) is 60.3 Å². The zero-order chi connectivity index (χ0) is 26.8. The lowest BCUT2D eigenvalue weighted by atomic mass is 9.44. The smallest absolute Gasteiger partial charge is 0.411 e. The first-order valence-corrected chi connectivity index (χ1v) is 14.7. The van der Waals surface area contributed by atoms with Crippen molar-refractivity contribution in [2.24, 2.45) is 28.6 Å². The van der Waals surface area contributed by atoms with Crippen LogP contribution in [-0.4, -0.2) is 68.0 Å². The molecule has 8 nitrogen and oxygen atoms in total. The number of anilines is 1. The summed E-state index contributed by atoms with van der Waals surface area (Å²) in [5.41, 5.74) is 2.62. The van der Waals surface area contributed by atoms with Gasteiger partial charge in [0.1, 0.15) is 5.60 Å². The molecule has 3 heterocycles. The highest BCUT2D eigenvalue weighted by atomic mass is 16.7. The predicted octanol–water partition coefficient (Wildman–Crippen LogP) is 5.06. The summed E-state index contributed by atoms with van der Waals surface area (Å²) < 4.78 is 32.1. The van der Waals surface area contributed by atoms with E-state index in [1.54, 1.807) is 7.05 Å². The second kappa shape index (κ2) is 7.85. The molecule has 1 aromatic carbocycles. The summed E-state index contributed by atoms with van der Waals surface area (Å²) in [7, 11) is 1.58. The van der Waals surface area contributed by atoms with E-state index >= 15 is 0 Å². The van der Waals surface area contributed by atoms with Crippen LogP contribution in [0.2, 0.25) is 0 Å². The Morgan fingerprint density at radius 2 is 1.67 bits per heavy atom. The summed E-state index contributed by atoms with van der Waals surface area (Å²) >= 11 is 0. The second-order valence-electron chi connectivity index (χ2n) is 13.4. The Hall–Kier alpha value is -1.97. The number of nitrogens with zero attached hydrogens (tertiary/aromatic N) is 1. The lowest BCUT2D eigenvalue weighted by Crippen LogP contribution is -2.61. The number of fused-ring (bicyclic) bond motifs is 5. The van der Waals surface area contributed by atoms with Crippen LogP contribution in [0.4, 0.5) is 10.5 Å². The van der Waals surface area contributed by atoms with Gasteiger partial charge in [0, 0.05) is 42.8 Å². The number of hydrogen-bond acceptors (Lipinski definition) is 6. The van der Waals surface area contributed by atoms with Crippen molar-refractivity contribution in [1.82, 2.24) is 0 Å². The van der Waals surface area contributed by atoms with Crippen molar-refractivity contribution in [3.8, 4) is 0 Å². The van der Waals surface area contributed by atoms with E-state index < -0.39 is 17.7 Å². The van der Waals surface area contributed by atoms with E-state index in [0.717, 1.165) is 44.1 Å². The molecule has 0 bridgehead atoms. The van der Waals surface area contributed by atoms with Gasteiger partial charge in [-0.2, -0.15) is 0 Å². The van der Waals surface area contributed by atoms with Crippen molar-refractivity contribution in [2.75, 3.05) is 38.4 Å². The van der Waals surface area contributed by atoms with Gasteiger partial charge in [-0.15, -0.1) is 0 Å². The molecule has 1 aromatic rings. The van der Waals surface area contributed by atoms with Crippen LogP contribution in [0.15, 0.2) is 30.3 Å². The molecule has 210 valence electrons. The third kappa shape index (κ3) is 3.05. The summed E-state index contributed by atoms with van der Waals surface area (Å²) in [5, 5.41) is 9.50. The van der Waals surface area contributed by atoms with E-state index in [2.05, 4.69) is 32.1 Å². The maximum absolute atomic E-state index is 11.6. The molecule has 0 radical (unpaired) electrons. The molecule has 6 fully saturated rings. The van der Waals surface area contributed by atoms with Crippen molar-refractivity contribution < 1.29 is 33.6 Å². The van der Waals surface area contributed by atoms with Crippen molar-refractivity contribution in [2.45, 2.75) is 75.7 Å². The number of allylic oxidation sites excluding steroid dienone is 1. The minimum absolute atomic E-state index is 0.0576. The first-order valence-electron chi connectivity index (χ1n) is 14.7. The molecule has 1 N–H and O–H groups in total.